The predicted molar refractivity (Wildman–Crippen MR) is 83.1 cm³/mol. The highest BCUT2D eigenvalue weighted by Gasteiger charge is 2.32. The van der Waals surface area contributed by atoms with Crippen molar-refractivity contribution < 1.29 is 13.2 Å². The van der Waals surface area contributed by atoms with E-state index >= 15 is 0 Å². The average Bonchev–Trinajstić information content (AvgIpc) is 2.47. The number of nitrogens with one attached hydrogen (secondary N) is 1. The summed E-state index contributed by atoms with van der Waals surface area (Å²) in [4.78, 5) is 12.2. The van der Waals surface area contributed by atoms with Crippen molar-refractivity contribution in [2.24, 2.45) is 0 Å². The summed E-state index contributed by atoms with van der Waals surface area (Å²) in [6.07, 6.45) is 5.18. The van der Waals surface area contributed by atoms with Crippen LogP contribution in [0.3, 0.4) is 0 Å². The van der Waals surface area contributed by atoms with Gasteiger partial charge in [0.15, 0.2) is 9.84 Å². The van der Waals surface area contributed by atoms with Gasteiger partial charge in [-0.15, -0.1) is 0 Å². The number of rotatable bonds is 4. The van der Waals surface area contributed by atoms with Crippen molar-refractivity contribution in [2.75, 3.05) is 0 Å². The van der Waals surface area contributed by atoms with Gasteiger partial charge in [-0.05, 0) is 31.9 Å². The van der Waals surface area contributed by atoms with E-state index in [1.807, 2.05) is 0 Å². The van der Waals surface area contributed by atoms with E-state index in [0.29, 0.717) is 0 Å². The highest BCUT2D eigenvalue weighted by molar-refractivity contribution is 7.92. The van der Waals surface area contributed by atoms with Crippen LogP contribution in [0.25, 0.3) is 0 Å². The SMILES string of the molecule is CC(C(=O)NC1CCCCC1)S(=O)(=O)c1ccccc1Cl. The van der Waals surface area contributed by atoms with Gasteiger partial charge in [-0.2, -0.15) is 0 Å². The Kier molecular flexibility index (Phi) is 5.27. The van der Waals surface area contributed by atoms with E-state index in [1.165, 1.54) is 25.5 Å². The molecule has 21 heavy (non-hydrogen) atoms. The van der Waals surface area contributed by atoms with Crippen LogP contribution in [-0.2, 0) is 14.6 Å². The number of halogens is 1. The van der Waals surface area contributed by atoms with E-state index in [4.69, 9.17) is 11.6 Å². The molecule has 1 N–H and O–H groups in total. The number of hydrogen-bond donors (Lipinski definition) is 1. The smallest absolute Gasteiger partial charge is 0.238 e. The lowest BCUT2D eigenvalue weighted by Gasteiger charge is -2.24. The molecule has 2 rings (SSSR count). The maximum atomic E-state index is 12.5. The van der Waals surface area contributed by atoms with Crippen molar-refractivity contribution in [3.8, 4) is 0 Å². The Hall–Kier alpha value is -1.07. The Morgan fingerprint density at radius 1 is 1.24 bits per heavy atom. The van der Waals surface area contributed by atoms with Crippen LogP contribution < -0.4 is 5.32 Å². The third-order valence-corrected chi connectivity index (χ3v) is 6.49. The summed E-state index contributed by atoms with van der Waals surface area (Å²) in [7, 11) is -3.76. The van der Waals surface area contributed by atoms with Crippen molar-refractivity contribution in [2.45, 2.75) is 55.2 Å². The topological polar surface area (TPSA) is 63.2 Å². The second-order valence-electron chi connectivity index (χ2n) is 5.46. The summed E-state index contributed by atoms with van der Waals surface area (Å²) in [6.45, 7) is 1.41. The van der Waals surface area contributed by atoms with Crippen molar-refractivity contribution in [3.05, 3.63) is 29.3 Å². The highest BCUT2D eigenvalue weighted by atomic mass is 35.5. The molecule has 4 nitrogen and oxygen atoms in total. The van der Waals surface area contributed by atoms with E-state index < -0.39 is 21.0 Å². The van der Waals surface area contributed by atoms with Gasteiger partial charge in [-0.3, -0.25) is 4.79 Å². The first-order valence-electron chi connectivity index (χ1n) is 7.21. The third-order valence-electron chi connectivity index (χ3n) is 3.93. The lowest BCUT2D eigenvalue weighted by Crippen LogP contribution is -2.44. The quantitative estimate of drug-likeness (QED) is 0.923. The van der Waals surface area contributed by atoms with E-state index in [9.17, 15) is 13.2 Å². The molecule has 1 saturated carbocycles. The van der Waals surface area contributed by atoms with E-state index in [1.54, 1.807) is 12.1 Å². The zero-order chi connectivity index (χ0) is 15.5. The zero-order valence-electron chi connectivity index (χ0n) is 12.0. The maximum absolute atomic E-state index is 12.5. The van der Waals surface area contributed by atoms with Crippen molar-refractivity contribution in [1.82, 2.24) is 5.32 Å². The molecule has 1 aromatic carbocycles. The van der Waals surface area contributed by atoms with Crippen LogP contribution in [0.4, 0.5) is 0 Å². The van der Waals surface area contributed by atoms with Crippen LogP contribution in [-0.4, -0.2) is 25.6 Å². The largest absolute Gasteiger partial charge is 0.352 e. The number of benzene rings is 1. The monoisotopic (exact) mass is 329 g/mol. The van der Waals surface area contributed by atoms with Gasteiger partial charge in [0, 0.05) is 6.04 Å². The number of amides is 1. The summed E-state index contributed by atoms with van der Waals surface area (Å²) >= 11 is 5.94. The van der Waals surface area contributed by atoms with Crippen LogP contribution in [0.15, 0.2) is 29.2 Å². The van der Waals surface area contributed by atoms with Gasteiger partial charge in [0.2, 0.25) is 5.91 Å². The fourth-order valence-corrected chi connectivity index (χ4v) is 4.37. The molecule has 0 radical (unpaired) electrons. The van der Waals surface area contributed by atoms with E-state index in [0.717, 1.165) is 25.7 Å². The molecule has 0 aromatic heterocycles. The van der Waals surface area contributed by atoms with E-state index in [-0.39, 0.29) is 16.0 Å². The minimum absolute atomic E-state index is 0.0120. The molecule has 1 aliphatic rings. The van der Waals surface area contributed by atoms with Crippen LogP contribution in [0.5, 0.6) is 0 Å². The summed E-state index contributed by atoms with van der Waals surface area (Å²) < 4.78 is 25.0. The molecule has 1 unspecified atom stereocenters. The number of hydrogen-bond acceptors (Lipinski definition) is 3. The first kappa shape index (κ1) is 16.3. The molecule has 1 aromatic rings. The van der Waals surface area contributed by atoms with Crippen molar-refractivity contribution >= 4 is 27.3 Å². The summed E-state index contributed by atoms with van der Waals surface area (Å²) in [6, 6.07) is 6.30. The first-order valence-corrected chi connectivity index (χ1v) is 9.14. The van der Waals surface area contributed by atoms with Gasteiger partial charge in [0.25, 0.3) is 0 Å². The Bertz CT molecular complexity index is 609. The van der Waals surface area contributed by atoms with Crippen molar-refractivity contribution in [3.63, 3.8) is 0 Å². The summed E-state index contributed by atoms with van der Waals surface area (Å²) in [5.74, 6) is -0.443. The maximum Gasteiger partial charge on any atom is 0.238 e. The molecule has 0 bridgehead atoms. The molecular formula is C15H20ClNO3S. The molecule has 1 atom stereocenters. The summed E-state index contributed by atoms with van der Waals surface area (Å²) in [5, 5.41) is 1.86. The second-order valence-corrected chi connectivity index (χ2v) is 8.11. The second kappa shape index (κ2) is 6.79. The van der Waals surface area contributed by atoms with Crippen LogP contribution in [0, 0.1) is 0 Å². The lowest BCUT2D eigenvalue weighted by atomic mass is 9.95. The normalized spacial score (nSPS) is 18.2. The van der Waals surface area contributed by atoms with Gasteiger partial charge in [-0.25, -0.2) is 8.42 Å². The van der Waals surface area contributed by atoms with E-state index in [2.05, 4.69) is 5.32 Å². The number of carbonyl (C=O) groups excluding carboxylic acids is 1. The summed E-state index contributed by atoms with van der Waals surface area (Å²) in [5.41, 5.74) is 0. The molecule has 0 aliphatic heterocycles. The molecule has 0 spiro atoms. The molecule has 0 heterocycles. The molecule has 1 aliphatic carbocycles. The van der Waals surface area contributed by atoms with Crippen LogP contribution in [0.1, 0.15) is 39.0 Å². The number of sulfone groups is 1. The van der Waals surface area contributed by atoms with Crippen LogP contribution >= 0.6 is 11.6 Å². The fraction of sp³-hybridized carbons (Fsp3) is 0.533. The molecule has 6 heteroatoms. The van der Waals surface area contributed by atoms with Crippen molar-refractivity contribution in [1.29, 1.82) is 0 Å². The Balaban J connectivity index is 2.12. The Labute approximate surface area is 130 Å². The van der Waals surface area contributed by atoms with Gasteiger partial charge < -0.3 is 5.32 Å². The Morgan fingerprint density at radius 3 is 2.48 bits per heavy atom. The first-order chi connectivity index (χ1) is 9.93. The molecular weight excluding hydrogens is 310 g/mol. The predicted octanol–water partition coefficient (Wildman–Crippen LogP) is 2.95. The van der Waals surface area contributed by atoms with Gasteiger partial charge in [-0.1, -0.05) is 43.0 Å². The average molecular weight is 330 g/mol. The third kappa shape index (κ3) is 3.77. The fourth-order valence-electron chi connectivity index (χ4n) is 2.57. The van der Waals surface area contributed by atoms with Gasteiger partial charge in [0.1, 0.15) is 5.25 Å². The number of carbonyl (C=O) groups is 1. The minimum Gasteiger partial charge on any atom is -0.352 e. The van der Waals surface area contributed by atoms with Gasteiger partial charge in [0.05, 0.1) is 9.92 Å². The molecule has 116 valence electrons. The van der Waals surface area contributed by atoms with Crippen LogP contribution in [0.2, 0.25) is 5.02 Å². The van der Waals surface area contributed by atoms with Gasteiger partial charge >= 0.3 is 0 Å². The Morgan fingerprint density at radius 2 is 1.86 bits per heavy atom. The standard InChI is InChI=1S/C15H20ClNO3S/c1-11(15(18)17-12-7-3-2-4-8-12)21(19,20)14-10-6-5-9-13(14)16/h5-6,9-12H,2-4,7-8H2,1H3,(H,17,18). The molecule has 1 amide bonds. The lowest BCUT2D eigenvalue weighted by molar-refractivity contribution is -0.121. The molecule has 0 saturated heterocycles. The molecule has 1 fully saturated rings. The minimum atomic E-state index is -3.76. The highest BCUT2D eigenvalue weighted by Crippen LogP contribution is 2.25. The zero-order valence-corrected chi connectivity index (χ0v) is 13.6.